The van der Waals surface area contributed by atoms with Crippen LogP contribution in [0.5, 0.6) is 0 Å². The predicted molar refractivity (Wildman–Crippen MR) is 98.1 cm³/mol. The molecule has 5 nitrogen and oxygen atoms in total. The molecule has 3 N–H and O–H groups in total. The third kappa shape index (κ3) is 5.09. The molecule has 146 valence electrons. The SMILES string of the molecule is CC(C)[C@@H](CO)Nc1nc(Nc2ccc(C(F)(F)F)cc2)cc(C2CC2)n1. The van der Waals surface area contributed by atoms with Crippen molar-refractivity contribution in [2.75, 3.05) is 17.2 Å². The molecule has 1 heterocycles. The maximum Gasteiger partial charge on any atom is 0.416 e. The summed E-state index contributed by atoms with van der Waals surface area (Å²) in [6.45, 7) is 3.93. The van der Waals surface area contributed by atoms with Gasteiger partial charge in [-0.3, -0.25) is 0 Å². The number of rotatable bonds is 7. The minimum atomic E-state index is -4.36. The van der Waals surface area contributed by atoms with Crippen molar-refractivity contribution in [2.24, 2.45) is 5.92 Å². The quantitative estimate of drug-likeness (QED) is 0.658. The van der Waals surface area contributed by atoms with Crippen LogP contribution in [0.4, 0.5) is 30.6 Å². The van der Waals surface area contributed by atoms with E-state index in [-0.39, 0.29) is 18.6 Å². The molecule has 0 bridgehead atoms. The summed E-state index contributed by atoms with van der Waals surface area (Å²) < 4.78 is 38.1. The van der Waals surface area contributed by atoms with Crippen LogP contribution in [-0.4, -0.2) is 27.7 Å². The molecular weight excluding hydrogens is 357 g/mol. The number of aliphatic hydroxyl groups excluding tert-OH is 1. The molecule has 0 unspecified atom stereocenters. The van der Waals surface area contributed by atoms with Crippen molar-refractivity contribution < 1.29 is 18.3 Å². The summed E-state index contributed by atoms with van der Waals surface area (Å²) in [6, 6.07) is 6.46. The summed E-state index contributed by atoms with van der Waals surface area (Å²) in [5.41, 5.74) is 0.707. The number of halogens is 3. The van der Waals surface area contributed by atoms with Gasteiger partial charge in [0.25, 0.3) is 0 Å². The second-order valence-corrected chi connectivity index (χ2v) is 7.15. The molecule has 8 heteroatoms. The topological polar surface area (TPSA) is 70.1 Å². The van der Waals surface area contributed by atoms with Crippen LogP contribution >= 0.6 is 0 Å². The lowest BCUT2D eigenvalue weighted by Gasteiger charge is -2.20. The average molecular weight is 380 g/mol. The van der Waals surface area contributed by atoms with Crippen LogP contribution in [0.3, 0.4) is 0 Å². The summed E-state index contributed by atoms with van der Waals surface area (Å²) >= 11 is 0. The van der Waals surface area contributed by atoms with E-state index < -0.39 is 11.7 Å². The number of nitrogens with one attached hydrogen (secondary N) is 2. The van der Waals surface area contributed by atoms with E-state index in [0.717, 1.165) is 30.7 Å². The van der Waals surface area contributed by atoms with Crippen LogP contribution in [0, 0.1) is 5.92 Å². The number of hydrogen-bond acceptors (Lipinski definition) is 5. The molecule has 1 atom stereocenters. The second-order valence-electron chi connectivity index (χ2n) is 7.15. The zero-order valence-electron chi connectivity index (χ0n) is 15.2. The van der Waals surface area contributed by atoms with Gasteiger partial charge in [0.2, 0.25) is 5.95 Å². The van der Waals surface area contributed by atoms with Crippen LogP contribution in [-0.2, 0) is 6.18 Å². The molecule has 0 saturated heterocycles. The highest BCUT2D eigenvalue weighted by Crippen LogP contribution is 2.40. The van der Waals surface area contributed by atoms with Gasteiger partial charge in [-0.05, 0) is 43.0 Å². The van der Waals surface area contributed by atoms with E-state index in [2.05, 4.69) is 20.6 Å². The number of hydrogen-bond donors (Lipinski definition) is 3. The van der Waals surface area contributed by atoms with Crippen LogP contribution in [0.25, 0.3) is 0 Å². The van der Waals surface area contributed by atoms with E-state index in [1.54, 1.807) is 0 Å². The van der Waals surface area contributed by atoms with Crippen molar-refractivity contribution in [1.82, 2.24) is 9.97 Å². The Morgan fingerprint density at radius 2 is 1.81 bits per heavy atom. The minimum absolute atomic E-state index is 0.0453. The number of alkyl halides is 3. The molecule has 1 aliphatic carbocycles. The van der Waals surface area contributed by atoms with E-state index in [0.29, 0.717) is 23.4 Å². The molecular formula is C19H23F3N4O. The first kappa shape index (κ1) is 19.4. The van der Waals surface area contributed by atoms with Crippen LogP contribution < -0.4 is 10.6 Å². The largest absolute Gasteiger partial charge is 0.416 e. The fourth-order valence-corrected chi connectivity index (χ4v) is 2.66. The predicted octanol–water partition coefficient (Wildman–Crippen LogP) is 4.55. The molecule has 1 aromatic carbocycles. The zero-order chi connectivity index (χ0) is 19.6. The fraction of sp³-hybridized carbons (Fsp3) is 0.474. The first-order chi connectivity index (χ1) is 12.8. The summed E-state index contributed by atoms with van der Waals surface area (Å²) in [5, 5.41) is 15.7. The number of benzene rings is 1. The highest BCUT2D eigenvalue weighted by atomic mass is 19.4. The van der Waals surface area contributed by atoms with Gasteiger partial charge in [0.15, 0.2) is 0 Å². The minimum Gasteiger partial charge on any atom is -0.394 e. The standard InChI is InChI=1S/C19H23F3N4O/c1-11(2)16(10-27)25-18-24-15(12-3-4-12)9-17(26-18)23-14-7-5-13(6-8-14)19(20,21)22/h5-9,11-12,16,27H,3-4,10H2,1-2H3,(H2,23,24,25,26)/t16-/m1/s1. The molecule has 0 spiro atoms. The second kappa shape index (κ2) is 7.72. The molecule has 1 aromatic heterocycles. The number of aromatic nitrogens is 2. The number of aliphatic hydroxyl groups is 1. The summed E-state index contributed by atoms with van der Waals surface area (Å²) in [7, 11) is 0. The molecule has 0 radical (unpaired) electrons. The lowest BCUT2D eigenvalue weighted by Crippen LogP contribution is -2.30. The van der Waals surface area contributed by atoms with Crippen molar-refractivity contribution >= 4 is 17.5 Å². The van der Waals surface area contributed by atoms with Crippen molar-refractivity contribution in [2.45, 2.75) is 44.8 Å². The Morgan fingerprint density at radius 3 is 2.33 bits per heavy atom. The molecule has 27 heavy (non-hydrogen) atoms. The van der Waals surface area contributed by atoms with Gasteiger partial charge in [0.1, 0.15) is 5.82 Å². The fourth-order valence-electron chi connectivity index (χ4n) is 2.66. The third-order valence-electron chi connectivity index (χ3n) is 4.54. The highest BCUT2D eigenvalue weighted by molar-refractivity contribution is 5.58. The maximum atomic E-state index is 12.7. The molecule has 1 fully saturated rings. The Bertz CT molecular complexity index is 774. The number of anilines is 3. The molecule has 1 saturated carbocycles. The van der Waals surface area contributed by atoms with E-state index >= 15 is 0 Å². The van der Waals surface area contributed by atoms with Gasteiger partial charge in [0, 0.05) is 17.7 Å². The van der Waals surface area contributed by atoms with E-state index in [4.69, 9.17) is 0 Å². The lowest BCUT2D eigenvalue weighted by molar-refractivity contribution is -0.137. The lowest BCUT2D eigenvalue weighted by atomic mass is 10.1. The maximum absolute atomic E-state index is 12.7. The van der Waals surface area contributed by atoms with Gasteiger partial charge >= 0.3 is 6.18 Å². The normalized spacial score (nSPS) is 15.7. The Kier molecular flexibility index (Phi) is 5.55. The van der Waals surface area contributed by atoms with Crippen LogP contribution in [0.15, 0.2) is 30.3 Å². The first-order valence-corrected chi connectivity index (χ1v) is 8.97. The van der Waals surface area contributed by atoms with E-state index in [9.17, 15) is 18.3 Å². The van der Waals surface area contributed by atoms with Gasteiger partial charge in [-0.25, -0.2) is 4.98 Å². The monoisotopic (exact) mass is 380 g/mol. The van der Waals surface area contributed by atoms with Crippen molar-refractivity contribution in [3.05, 3.63) is 41.6 Å². The Balaban J connectivity index is 1.82. The molecule has 0 amide bonds. The third-order valence-corrected chi connectivity index (χ3v) is 4.54. The first-order valence-electron chi connectivity index (χ1n) is 8.97. The summed E-state index contributed by atoms with van der Waals surface area (Å²) in [6.07, 6.45) is -2.24. The Hall–Kier alpha value is -2.35. The molecule has 1 aliphatic rings. The van der Waals surface area contributed by atoms with E-state index in [1.165, 1.54) is 12.1 Å². The summed E-state index contributed by atoms with van der Waals surface area (Å²) in [4.78, 5) is 8.95. The van der Waals surface area contributed by atoms with Crippen molar-refractivity contribution in [3.63, 3.8) is 0 Å². The van der Waals surface area contributed by atoms with Gasteiger partial charge in [0.05, 0.1) is 23.9 Å². The van der Waals surface area contributed by atoms with Crippen LogP contribution in [0.1, 0.15) is 43.9 Å². The average Bonchev–Trinajstić information content (AvgIpc) is 3.44. The van der Waals surface area contributed by atoms with Gasteiger partial charge in [-0.15, -0.1) is 0 Å². The van der Waals surface area contributed by atoms with Gasteiger partial charge in [-0.2, -0.15) is 18.2 Å². The van der Waals surface area contributed by atoms with Crippen molar-refractivity contribution in [1.29, 1.82) is 0 Å². The summed E-state index contributed by atoms with van der Waals surface area (Å²) in [5.74, 6) is 1.49. The smallest absolute Gasteiger partial charge is 0.394 e. The Labute approximate surface area is 156 Å². The van der Waals surface area contributed by atoms with E-state index in [1.807, 2.05) is 19.9 Å². The van der Waals surface area contributed by atoms with Crippen LogP contribution in [0.2, 0.25) is 0 Å². The highest BCUT2D eigenvalue weighted by Gasteiger charge is 2.30. The molecule has 3 rings (SSSR count). The number of nitrogens with zero attached hydrogens (tertiary/aromatic N) is 2. The zero-order valence-corrected chi connectivity index (χ0v) is 15.2. The Morgan fingerprint density at radius 1 is 1.15 bits per heavy atom. The van der Waals surface area contributed by atoms with Crippen molar-refractivity contribution in [3.8, 4) is 0 Å². The molecule has 0 aliphatic heterocycles. The van der Waals surface area contributed by atoms with Gasteiger partial charge < -0.3 is 15.7 Å². The van der Waals surface area contributed by atoms with Gasteiger partial charge in [-0.1, -0.05) is 13.8 Å². The molecule has 2 aromatic rings.